The molecular weight excluding hydrogens is 927 g/mol. The maximum absolute atomic E-state index is 11.5. The molecule has 352 valence electrons. The minimum absolute atomic E-state index is 0. The van der Waals surface area contributed by atoms with Crippen LogP contribution in [0.3, 0.4) is 0 Å². The molecule has 2 aliphatic rings. The van der Waals surface area contributed by atoms with Crippen LogP contribution < -0.4 is 0 Å². The first-order valence-corrected chi connectivity index (χ1v) is 22.3. The summed E-state index contributed by atoms with van der Waals surface area (Å²) in [4.78, 5) is 11.5. The van der Waals surface area contributed by atoms with Crippen molar-refractivity contribution in [2.75, 3.05) is 6.61 Å². The van der Waals surface area contributed by atoms with Crippen molar-refractivity contribution in [3.63, 3.8) is 0 Å². The largest absolute Gasteiger partial charge is 0.459 e. The van der Waals surface area contributed by atoms with Crippen molar-refractivity contribution < 1.29 is 53.0 Å². The predicted molar refractivity (Wildman–Crippen MR) is 250 cm³/mol. The lowest BCUT2D eigenvalue weighted by molar-refractivity contribution is -0.231. The number of benzene rings is 4. The highest BCUT2D eigenvalue weighted by atomic mass is 79.9. The van der Waals surface area contributed by atoms with E-state index >= 15 is 0 Å². The van der Waals surface area contributed by atoms with Crippen LogP contribution in [-0.4, -0.2) is 90.0 Å². The molecule has 67 heavy (non-hydrogen) atoms. The van der Waals surface area contributed by atoms with Crippen LogP contribution in [0, 0.1) is 49.9 Å². The number of nitrogens with zero attached hydrogens (tertiary/aromatic N) is 4. The molecule has 0 amide bonds. The number of aliphatic hydroxyl groups is 4. The third kappa shape index (κ3) is 13.3. The molecule has 4 N–H and O–H groups in total. The van der Waals surface area contributed by atoms with Crippen molar-refractivity contribution in [3.8, 4) is 47.1 Å². The number of carbonyl (C=O) groups is 1. The fourth-order valence-electron chi connectivity index (χ4n) is 7.56. The summed E-state index contributed by atoms with van der Waals surface area (Å²) in [5.74, 6) is 11.2. The highest BCUT2D eigenvalue weighted by Crippen LogP contribution is 2.41. The molecular formula is C51H54BrFN4O10. The van der Waals surface area contributed by atoms with E-state index in [1.807, 2.05) is 72.8 Å². The normalized spacial score (nSPS) is 24.1. The van der Waals surface area contributed by atoms with E-state index in [1.165, 1.54) is 6.92 Å². The molecule has 2 aliphatic heterocycles. The fourth-order valence-corrected chi connectivity index (χ4v) is 7.83. The molecule has 6 aromatic rings. The van der Waals surface area contributed by atoms with E-state index in [0.29, 0.717) is 35.0 Å². The van der Waals surface area contributed by atoms with Gasteiger partial charge in [-0.15, -0.1) is 26.8 Å². The van der Waals surface area contributed by atoms with Crippen molar-refractivity contribution in [2.45, 2.75) is 96.8 Å². The Hall–Kier alpha value is -6.08. The standard InChI is InChI=1S/C23H22N2O6.C19H24O3.C9H7BrN2O.FH/c1-13-24-25-23(30-13)17-10-6-15(7-11-17)3-2-14-4-8-16(9-5-14)22-21(29)20(28)19(27)18(12-26)31-22;1-6-15-8-10-16(11-9-15)19-18(21-14(5)20)13(4)12(3)17(7-2)22-19;1-6-11-12-9(13-6)7-2-4-8(10)5-3-7;/h4-11,18-22,26-29H,12H2,1H3;1,8-13,17-19H,7H2,2-5H3;2-5H,1H3;1H/t18-,19-,20+,21+,22-;12-,13-,17+,18-,19+;;/m10../s1. The van der Waals surface area contributed by atoms with E-state index in [9.17, 15) is 25.2 Å². The van der Waals surface area contributed by atoms with Crippen LogP contribution in [0.25, 0.3) is 22.9 Å². The molecule has 0 aliphatic carbocycles. The van der Waals surface area contributed by atoms with Crippen LogP contribution in [0.2, 0.25) is 0 Å². The zero-order valence-corrected chi connectivity index (χ0v) is 39.4. The van der Waals surface area contributed by atoms with Crippen molar-refractivity contribution >= 4 is 21.9 Å². The number of esters is 1. The highest BCUT2D eigenvalue weighted by Gasteiger charge is 2.44. The topological polar surface area (TPSA) is 204 Å². The Morgan fingerprint density at radius 3 is 1.58 bits per heavy atom. The first kappa shape index (κ1) is 51.9. The Labute approximate surface area is 397 Å². The second kappa shape index (κ2) is 24.1. The molecule has 2 saturated heterocycles. The van der Waals surface area contributed by atoms with Gasteiger partial charge in [-0.1, -0.05) is 78.7 Å². The summed E-state index contributed by atoms with van der Waals surface area (Å²) in [5.41, 5.74) is 5.77. The quantitative estimate of drug-likeness (QED) is 0.0898. The molecule has 14 nitrogen and oxygen atoms in total. The van der Waals surface area contributed by atoms with Crippen LogP contribution in [0.1, 0.15) is 85.9 Å². The molecule has 0 saturated carbocycles. The van der Waals surface area contributed by atoms with Gasteiger partial charge in [0.25, 0.3) is 0 Å². The van der Waals surface area contributed by atoms with E-state index < -0.39 is 37.1 Å². The van der Waals surface area contributed by atoms with Gasteiger partial charge in [0.2, 0.25) is 23.6 Å². The van der Waals surface area contributed by atoms with Crippen molar-refractivity contribution in [3.05, 3.63) is 141 Å². The lowest BCUT2D eigenvalue weighted by Gasteiger charge is -2.44. The molecule has 2 aromatic heterocycles. The van der Waals surface area contributed by atoms with Crippen LogP contribution in [0.5, 0.6) is 0 Å². The SMILES string of the molecule is C#Cc1ccc([C@H]2O[C@H](CC)[C@@H](C)[C@H](C)[C@@H]2OC(C)=O)cc1.Cc1nnc(-c2ccc(Br)cc2)o1.Cc1nnc(-c2ccc(C#Cc3ccc([C@H]4O[C@H](CO)[C@@H](O)[C@H](O)[C@@H]4O)cc3)cc2)o1.F. The summed E-state index contributed by atoms with van der Waals surface area (Å²) < 4.78 is 29.1. The van der Waals surface area contributed by atoms with E-state index in [0.717, 1.165) is 44.3 Å². The zero-order valence-electron chi connectivity index (χ0n) is 37.8. The molecule has 10 atom stereocenters. The van der Waals surface area contributed by atoms with E-state index in [1.54, 1.807) is 38.1 Å². The number of terminal acetylenes is 1. The maximum Gasteiger partial charge on any atom is 0.303 e. The summed E-state index contributed by atoms with van der Waals surface area (Å²) in [6.07, 6.45) is 0.0967. The smallest absolute Gasteiger partial charge is 0.303 e. The Morgan fingerprint density at radius 2 is 1.13 bits per heavy atom. The number of carbonyl (C=O) groups excluding carboxylic acids is 1. The van der Waals surface area contributed by atoms with Crippen LogP contribution in [0.4, 0.5) is 4.70 Å². The van der Waals surface area contributed by atoms with Crippen molar-refractivity contribution in [1.82, 2.24) is 20.4 Å². The minimum atomic E-state index is -1.41. The molecule has 0 radical (unpaired) electrons. The maximum atomic E-state index is 11.5. The van der Waals surface area contributed by atoms with Gasteiger partial charge in [-0.3, -0.25) is 9.50 Å². The average molecular weight is 982 g/mol. The minimum Gasteiger partial charge on any atom is -0.459 e. The number of ether oxygens (including phenoxy) is 3. The number of aromatic nitrogens is 4. The summed E-state index contributed by atoms with van der Waals surface area (Å²) in [7, 11) is 0. The molecule has 16 heteroatoms. The van der Waals surface area contributed by atoms with Crippen molar-refractivity contribution in [2.24, 2.45) is 11.8 Å². The fraction of sp³-hybridized carbons (Fsp3) is 0.353. The number of aliphatic hydroxyl groups excluding tert-OH is 4. The lowest BCUT2D eigenvalue weighted by Crippen LogP contribution is -2.55. The van der Waals surface area contributed by atoms with Crippen LogP contribution in [-0.2, 0) is 19.0 Å². The van der Waals surface area contributed by atoms with Gasteiger partial charge >= 0.3 is 5.97 Å². The van der Waals surface area contributed by atoms with Gasteiger partial charge in [0, 0.05) is 59.0 Å². The first-order chi connectivity index (χ1) is 31.7. The van der Waals surface area contributed by atoms with Gasteiger partial charge in [-0.05, 0) is 96.3 Å². The van der Waals surface area contributed by atoms with Crippen LogP contribution >= 0.6 is 15.9 Å². The first-order valence-electron chi connectivity index (χ1n) is 21.5. The summed E-state index contributed by atoms with van der Waals surface area (Å²) in [6, 6.07) is 29.9. The number of hydrogen-bond donors (Lipinski definition) is 4. The molecule has 0 bridgehead atoms. The average Bonchev–Trinajstić information content (AvgIpc) is 3.98. The summed E-state index contributed by atoms with van der Waals surface area (Å²) >= 11 is 3.36. The van der Waals surface area contributed by atoms with Gasteiger partial charge in [-0.2, -0.15) is 0 Å². The number of hydrogen-bond acceptors (Lipinski definition) is 14. The van der Waals surface area contributed by atoms with Gasteiger partial charge in [0.1, 0.15) is 42.7 Å². The number of halogens is 2. The summed E-state index contributed by atoms with van der Waals surface area (Å²) in [6.45, 7) is 10.9. The third-order valence-electron chi connectivity index (χ3n) is 11.4. The second-order valence-electron chi connectivity index (χ2n) is 16.0. The Morgan fingerprint density at radius 1 is 0.672 bits per heavy atom. The monoisotopic (exact) mass is 980 g/mol. The second-order valence-corrected chi connectivity index (χ2v) is 16.9. The zero-order chi connectivity index (χ0) is 47.5. The molecule has 4 aromatic carbocycles. The molecule has 0 spiro atoms. The van der Waals surface area contributed by atoms with E-state index in [4.69, 9.17) is 29.5 Å². The molecule has 0 unspecified atom stereocenters. The Bertz CT molecular complexity index is 2600. The van der Waals surface area contributed by atoms with Gasteiger partial charge in [-0.25, -0.2) is 0 Å². The van der Waals surface area contributed by atoms with Gasteiger partial charge in [0.15, 0.2) is 0 Å². The van der Waals surface area contributed by atoms with Gasteiger partial charge < -0.3 is 43.5 Å². The number of aryl methyl sites for hydroxylation is 2. The lowest BCUT2D eigenvalue weighted by atomic mass is 9.79. The van der Waals surface area contributed by atoms with Gasteiger partial charge in [0.05, 0.1) is 12.7 Å². The van der Waals surface area contributed by atoms with Crippen LogP contribution in [0.15, 0.2) is 110 Å². The Balaban J connectivity index is 0.000000203. The number of rotatable bonds is 7. The third-order valence-corrected chi connectivity index (χ3v) is 12.0. The Kier molecular flexibility index (Phi) is 18.7. The molecule has 8 rings (SSSR count). The molecule has 4 heterocycles. The van der Waals surface area contributed by atoms with Crippen molar-refractivity contribution in [1.29, 1.82) is 0 Å². The van der Waals surface area contributed by atoms with E-state index in [2.05, 4.69) is 74.9 Å². The predicted octanol–water partition coefficient (Wildman–Crippen LogP) is 7.64. The van der Waals surface area contributed by atoms with E-state index in [-0.39, 0.29) is 34.9 Å². The molecule has 2 fully saturated rings. The summed E-state index contributed by atoms with van der Waals surface area (Å²) in [5, 5.41) is 54.9. The highest BCUT2D eigenvalue weighted by molar-refractivity contribution is 9.10.